The van der Waals surface area contributed by atoms with Crippen molar-refractivity contribution >= 4 is 16.9 Å². The average Bonchev–Trinajstić information content (AvgIpc) is 2.80. The normalized spacial score (nSPS) is 15.3. The maximum absolute atomic E-state index is 15.4. The smallest absolute Gasteiger partial charge is 0.353 e. The molecule has 0 spiro atoms. The first-order valence-corrected chi connectivity index (χ1v) is 10.8. The first kappa shape index (κ1) is 28.0. The summed E-state index contributed by atoms with van der Waals surface area (Å²) in [6.45, 7) is 5.63. The summed E-state index contributed by atoms with van der Waals surface area (Å²) in [4.78, 5) is 27.9. The summed E-state index contributed by atoms with van der Waals surface area (Å²) < 4.78 is 31.2. The third kappa shape index (κ3) is 4.86. The van der Waals surface area contributed by atoms with Gasteiger partial charge < -0.3 is 27.7 Å². The molecule has 2 N–H and O–H groups in total. The molecule has 0 aliphatic carbocycles. The van der Waals surface area contributed by atoms with Crippen LogP contribution in [0.5, 0.6) is 5.75 Å². The van der Waals surface area contributed by atoms with Gasteiger partial charge in [0.2, 0.25) is 0 Å². The molecule has 4 aromatic rings. The predicted molar refractivity (Wildman–Crippen MR) is 130 cm³/mol. The summed E-state index contributed by atoms with van der Waals surface area (Å²) >= 11 is 0. The number of nitrogens with zero attached hydrogens (tertiary/aromatic N) is 5. The summed E-state index contributed by atoms with van der Waals surface area (Å²) in [7, 11) is 0. The maximum atomic E-state index is 15.4. The van der Waals surface area contributed by atoms with Gasteiger partial charge in [0, 0.05) is 67.0 Å². The van der Waals surface area contributed by atoms with Crippen LogP contribution in [0.1, 0.15) is 12.5 Å². The number of phenolic OH excluding ortho intramolecular Hbond substituents is 1. The molecule has 1 fully saturated rings. The van der Waals surface area contributed by atoms with Crippen molar-refractivity contribution < 1.29 is 55.2 Å². The van der Waals surface area contributed by atoms with Crippen molar-refractivity contribution in [2.75, 3.05) is 24.5 Å². The van der Waals surface area contributed by atoms with E-state index in [1.807, 2.05) is 11.8 Å². The number of rotatable bonds is 3. The molecular weight excluding hydrogens is 595 g/mol. The van der Waals surface area contributed by atoms with Crippen LogP contribution >= 0.6 is 0 Å². The van der Waals surface area contributed by atoms with E-state index in [1.165, 1.54) is 29.0 Å². The van der Waals surface area contributed by atoms with Gasteiger partial charge in [-0.25, -0.2) is 18.6 Å². The van der Waals surface area contributed by atoms with Gasteiger partial charge in [0.25, 0.3) is 0 Å². The number of hydrogen-bond donors (Lipinski definition) is 2. The zero-order valence-electron chi connectivity index (χ0n) is 20.1. The van der Waals surface area contributed by atoms with Crippen LogP contribution in [0.3, 0.4) is 0 Å². The second-order valence-corrected chi connectivity index (χ2v) is 8.21. The van der Waals surface area contributed by atoms with E-state index in [0.29, 0.717) is 36.7 Å². The van der Waals surface area contributed by atoms with Gasteiger partial charge in [-0.15, -0.1) is 5.56 Å². The molecule has 1 radical (unpaired) electrons. The molecule has 1 atom stereocenters. The van der Waals surface area contributed by atoms with Crippen molar-refractivity contribution in [1.29, 1.82) is 0 Å². The Hall–Kier alpha value is -2.56. The number of aryl methyl sites for hydroxylation is 1. The van der Waals surface area contributed by atoms with Crippen LogP contribution in [0, 0.1) is 73.5 Å². The molecular formula is C25H24F2N6O2Pr-2. The third-order valence-corrected chi connectivity index (χ3v) is 5.97. The number of nitrogens with one attached hydrogen (secondary N) is 1. The van der Waals surface area contributed by atoms with Crippen molar-refractivity contribution in [3.63, 3.8) is 0 Å². The number of benzene rings is 1. The second-order valence-electron chi connectivity index (χ2n) is 8.21. The quantitative estimate of drug-likeness (QED) is 0.341. The van der Waals surface area contributed by atoms with Crippen molar-refractivity contribution in [2.45, 2.75) is 19.9 Å². The molecule has 11 heteroatoms. The van der Waals surface area contributed by atoms with Crippen molar-refractivity contribution in [3.8, 4) is 22.7 Å². The van der Waals surface area contributed by atoms with Crippen LogP contribution < -0.4 is 15.9 Å². The SMILES string of the molecule is Cc1ccn[c-]c1-n1c(=O)nc(N2CCNCC2C)c2cc(F)c(-c3c(O)cccc3F)nc21.[CH3-].[Pr]. The van der Waals surface area contributed by atoms with Crippen LogP contribution in [0.4, 0.5) is 14.6 Å². The van der Waals surface area contributed by atoms with Crippen LogP contribution in [-0.2, 0) is 0 Å². The van der Waals surface area contributed by atoms with Gasteiger partial charge in [0.1, 0.15) is 23.1 Å². The zero-order chi connectivity index (χ0) is 24.0. The monoisotopic (exact) mass is 619 g/mol. The Labute approximate surface area is 240 Å². The summed E-state index contributed by atoms with van der Waals surface area (Å²) in [5, 5.41) is 13.8. The Bertz CT molecular complexity index is 1460. The van der Waals surface area contributed by atoms with E-state index in [9.17, 15) is 14.3 Å². The Balaban J connectivity index is 0.00000180. The molecule has 1 saturated heterocycles. The number of aromatic nitrogens is 4. The maximum Gasteiger partial charge on any atom is 0.353 e. The van der Waals surface area contributed by atoms with Crippen molar-refractivity contribution in [1.82, 2.24) is 24.8 Å². The molecule has 185 valence electrons. The van der Waals surface area contributed by atoms with E-state index < -0.39 is 28.8 Å². The number of pyridine rings is 2. The Morgan fingerprint density at radius 3 is 2.67 bits per heavy atom. The topological polar surface area (TPSA) is 96.2 Å². The van der Waals surface area contributed by atoms with Crippen LogP contribution in [0.15, 0.2) is 41.3 Å². The van der Waals surface area contributed by atoms with Crippen molar-refractivity contribution in [2.24, 2.45) is 0 Å². The molecule has 0 saturated carbocycles. The van der Waals surface area contributed by atoms with E-state index in [2.05, 4.69) is 26.5 Å². The molecule has 3 aromatic heterocycles. The molecule has 0 bridgehead atoms. The molecule has 4 heterocycles. The predicted octanol–water partition coefficient (Wildman–Crippen LogP) is 3.18. The molecule has 0 amide bonds. The number of aromatic hydroxyl groups is 1. The molecule has 1 aromatic carbocycles. The summed E-state index contributed by atoms with van der Waals surface area (Å²) in [6, 6.07) is 6.53. The molecule has 1 unspecified atom stereocenters. The summed E-state index contributed by atoms with van der Waals surface area (Å²) in [6.07, 6.45) is 4.32. The molecule has 1 aliphatic rings. The van der Waals surface area contributed by atoms with Crippen LogP contribution in [0.2, 0.25) is 0 Å². The van der Waals surface area contributed by atoms with Crippen LogP contribution in [0.25, 0.3) is 28.0 Å². The van der Waals surface area contributed by atoms with E-state index in [4.69, 9.17) is 0 Å². The van der Waals surface area contributed by atoms with Gasteiger partial charge in [-0.2, -0.15) is 11.1 Å². The van der Waals surface area contributed by atoms with E-state index >= 15 is 4.39 Å². The van der Waals surface area contributed by atoms with E-state index in [1.54, 1.807) is 13.0 Å². The number of hydrogen-bond acceptors (Lipinski definition) is 7. The fraction of sp³-hybridized carbons (Fsp3) is 0.240. The number of fused-ring (bicyclic) bond motifs is 1. The molecule has 1 aliphatic heterocycles. The zero-order valence-corrected chi connectivity index (χ0v) is 23.8. The van der Waals surface area contributed by atoms with E-state index in [0.717, 1.165) is 6.07 Å². The standard InChI is InChI=1S/C24H21F2N6O2.CH3.Pr/c1-13-6-7-27-12-18(13)32-23-15(22(30-24(32)34)31-9-8-28-11-14(31)2)10-17(26)21(29-23)20-16(25)4-3-5-19(20)33;;/h3-7,10,14,28,33H,8-9,11H2,1-2H3;1H3;/q2*-1;. The minimum Gasteiger partial charge on any atom is -0.507 e. The van der Waals surface area contributed by atoms with Gasteiger partial charge in [0.15, 0.2) is 11.5 Å². The number of phenols is 1. The Kier molecular flexibility index (Phi) is 8.74. The summed E-state index contributed by atoms with van der Waals surface area (Å²) in [5.74, 6) is -1.86. The summed E-state index contributed by atoms with van der Waals surface area (Å²) in [5.41, 5.74) is -0.418. The fourth-order valence-corrected chi connectivity index (χ4v) is 4.25. The van der Waals surface area contributed by atoms with Crippen LogP contribution in [-0.4, -0.2) is 50.3 Å². The van der Waals surface area contributed by atoms with Gasteiger partial charge in [0.05, 0.1) is 10.9 Å². The fourth-order valence-electron chi connectivity index (χ4n) is 4.25. The largest absolute Gasteiger partial charge is 0.507 e. The second kappa shape index (κ2) is 11.2. The van der Waals surface area contributed by atoms with Gasteiger partial charge in [-0.3, -0.25) is 4.57 Å². The first-order chi connectivity index (χ1) is 16.4. The van der Waals surface area contributed by atoms with Crippen molar-refractivity contribution in [3.05, 3.63) is 77.8 Å². The van der Waals surface area contributed by atoms with Gasteiger partial charge in [-0.05, 0) is 30.8 Å². The van der Waals surface area contributed by atoms with E-state index in [-0.39, 0.29) is 71.4 Å². The average molecular weight is 619 g/mol. The number of halogens is 2. The Morgan fingerprint density at radius 1 is 1.19 bits per heavy atom. The molecule has 8 nitrogen and oxygen atoms in total. The van der Waals surface area contributed by atoms with Gasteiger partial charge >= 0.3 is 5.69 Å². The third-order valence-electron chi connectivity index (χ3n) is 5.97. The number of piperazine rings is 1. The minimum atomic E-state index is -0.851. The minimum absolute atomic E-state index is 0. The molecule has 5 rings (SSSR count). The van der Waals surface area contributed by atoms with Gasteiger partial charge in [-0.1, -0.05) is 25.4 Å². The first-order valence-electron chi connectivity index (χ1n) is 10.8. The number of anilines is 1. The Morgan fingerprint density at radius 2 is 1.97 bits per heavy atom. The molecule has 36 heavy (non-hydrogen) atoms.